The minimum atomic E-state index is 0.734. The zero-order chi connectivity index (χ0) is 21.2. The van der Waals surface area contributed by atoms with Crippen LogP contribution in [0.25, 0.3) is 38.3 Å². The fourth-order valence-electron chi connectivity index (χ4n) is 4.89. The number of hydrogen-bond acceptors (Lipinski definition) is 2. The quantitative estimate of drug-likeness (QED) is 0.271. The van der Waals surface area contributed by atoms with Crippen LogP contribution in [-0.4, -0.2) is 4.57 Å². The van der Waals surface area contributed by atoms with Gasteiger partial charge in [-0.05, 0) is 65.7 Å². The van der Waals surface area contributed by atoms with E-state index in [1.165, 1.54) is 21.7 Å². The molecule has 6 aromatic rings. The number of nitrogens with zero attached hydrogens (tertiary/aromatic N) is 1. The van der Waals surface area contributed by atoms with Crippen molar-refractivity contribution in [2.75, 3.05) is 0 Å². The number of rotatable bonds is 1. The van der Waals surface area contributed by atoms with Gasteiger partial charge in [-0.2, -0.15) is 0 Å². The third-order valence-corrected chi connectivity index (χ3v) is 6.28. The SMILES string of the molecule is Cc1cccc(-n2c3ccc4ccccc4c3c3ccc4c(c32)Oc2ccccc2O4)c1. The standard InChI is InChI=1S/C29H19NO2/c1-18-7-6-9-20(17-18)30-23-15-13-19-8-2-3-10-21(19)27(23)22-14-16-26-29(28(22)30)32-25-12-5-4-11-24(25)31-26/h2-17H,1H3. The summed E-state index contributed by atoms with van der Waals surface area (Å²) in [5.41, 5.74) is 4.50. The van der Waals surface area contributed by atoms with Gasteiger partial charge in [0.25, 0.3) is 0 Å². The fourth-order valence-corrected chi connectivity index (χ4v) is 4.89. The molecule has 2 heterocycles. The Morgan fingerprint density at radius 1 is 0.625 bits per heavy atom. The van der Waals surface area contributed by atoms with Crippen LogP contribution in [0.2, 0.25) is 0 Å². The van der Waals surface area contributed by atoms with Crippen LogP contribution in [-0.2, 0) is 0 Å². The Morgan fingerprint density at radius 2 is 1.44 bits per heavy atom. The van der Waals surface area contributed by atoms with Gasteiger partial charge in [-0.3, -0.25) is 0 Å². The van der Waals surface area contributed by atoms with Crippen LogP contribution in [0.4, 0.5) is 0 Å². The molecular formula is C29H19NO2. The second-order valence-electron chi connectivity index (χ2n) is 8.30. The number of ether oxygens (including phenoxy) is 2. The van der Waals surface area contributed by atoms with E-state index in [2.05, 4.69) is 78.2 Å². The van der Waals surface area contributed by atoms with Crippen molar-refractivity contribution in [3.8, 4) is 28.7 Å². The Labute approximate surface area is 185 Å². The molecule has 5 aromatic carbocycles. The summed E-state index contributed by atoms with van der Waals surface area (Å²) in [5, 5.41) is 4.84. The fraction of sp³-hybridized carbons (Fsp3) is 0.0345. The molecule has 1 aliphatic heterocycles. The first kappa shape index (κ1) is 17.4. The van der Waals surface area contributed by atoms with E-state index < -0.39 is 0 Å². The minimum absolute atomic E-state index is 0.734. The van der Waals surface area contributed by atoms with Gasteiger partial charge >= 0.3 is 0 Å². The molecule has 0 N–H and O–H groups in total. The number of hydrogen-bond donors (Lipinski definition) is 0. The van der Waals surface area contributed by atoms with E-state index in [4.69, 9.17) is 9.47 Å². The lowest BCUT2D eigenvalue weighted by Gasteiger charge is -2.22. The maximum absolute atomic E-state index is 6.48. The molecule has 0 fully saturated rings. The van der Waals surface area contributed by atoms with Crippen LogP contribution in [0.5, 0.6) is 23.0 Å². The number of aryl methyl sites for hydroxylation is 1. The molecule has 0 amide bonds. The van der Waals surface area contributed by atoms with Crippen LogP contribution in [0.15, 0.2) is 97.1 Å². The molecule has 3 heteroatoms. The summed E-state index contributed by atoms with van der Waals surface area (Å²) in [4.78, 5) is 0. The van der Waals surface area contributed by atoms with E-state index in [1.54, 1.807) is 0 Å². The van der Waals surface area contributed by atoms with Crippen molar-refractivity contribution in [2.45, 2.75) is 6.92 Å². The highest BCUT2D eigenvalue weighted by atomic mass is 16.6. The summed E-state index contributed by atoms with van der Waals surface area (Å²) < 4.78 is 15.0. The van der Waals surface area contributed by atoms with Crippen molar-refractivity contribution in [1.29, 1.82) is 0 Å². The number of fused-ring (bicyclic) bond motifs is 8. The van der Waals surface area contributed by atoms with Crippen molar-refractivity contribution < 1.29 is 9.47 Å². The normalized spacial score (nSPS) is 12.4. The summed E-state index contributed by atoms with van der Waals surface area (Å²) in [6.45, 7) is 2.12. The first-order chi connectivity index (χ1) is 15.8. The lowest BCUT2D eigenvalue weighted by Crippen LogP contribution is -2.02. The highest BCUT2D eigenvalue weighted by molar-refractivity contribution is 6.22. The molecule has 0 unspecified atom stereocenters. The van der Waals surface area contributed by atoms with Gasteiger partial charge in [0.1, 0.15) is 5.52 Å². The molecule has 0 bridgehead atoms. The van der Waals surface area contributed by atoms with Gasteiger partial charge in [0.2, 0.25) is 0 Å². The first-order valence-corrected chi connectivity index (χ1v) is 10.8. The predicted molar refractivity (Wildman–Crippen MR) is 130 cm³/mol. The Morgan fingerprint density at radius 3 is 2.31 bits per heavy atom. The maximum Gasteiger partial charge on any atom is 0.194 e. The molecule has 0 aliphatic carbocycles. The zero-order valence-electron chi connectivity index (χ0n) is 17.5. The lowest BCUT2D eigenvalue weighted by atomic mass is 10.0. The largest absolute Gasteiger partial charge is 0.449 e. The van der Waals surface area contributed by atoms with Crippen molar-refractivity contribution in [3.05, 3.63) is 103 Å². The highest BCUT2D eigenvalue weighted by Crippen LogP contribution is 2.51. The topological polar surface area (TPSA) is 23.4 Å². The van der Waals surface area contributed by atoms with Crippen molar-refractivity contribution >= 4 is 32.6 Å². The molecule has 0 saturated heterocycles. The highest BCUT2D eigenvalue weighted by Gasteiger charge is 2.26. The molecular weight excluding hydrogens is 394 g/mol. The molecule has 0 saturated carbocycles. The number of benzene rings is 5. The Hall–Kier alpha value is -4.24. The van der Waals surface area contributed by atoms with Crippen LogP contribution in [0, 0.1) is 6.92 Å². The number of aromatic nitrogens is 1. The monoisotopic (exact) mass is 413 g/mol. The Bertz CT molecular complexity index is 1690. The first-order valence-electron chi connectivity index (χ1n) is 10.8. The van der Waals surface area contributed by atoms with Crippen molar-refractivity contribution in [2.24, 2.45) is 0 Å². The third-order valence-electron chi connectivity index (χ3n) is 6.28. The van der Waals surface area contributed by atoms with Crippen LogP contribution in [0.1, 0.15) is 5.56 Å². The van der Waals surface area contributed by atoms with Crippen molar-refractivity contribution in [3.63, 3.8) is 0 Å². The summed E-state index contributed by atoms with van der Waals surface area (Å²) in [6, 6.07) is 33.6. The van der Waals surface area contributed by atoms with Crippen LogP contribution in [0.3, 0.4) is 0 Å². The van der Waals surface area contributed by atoms with E-state index in [0.717, 1.165) is 45.1 Å². The van der Waals surface area contributed by atoms with Crippen LogP contribution >= 0.6 is 0 Å². The Balaban J connectivity index is 1.67. The summed E-state index contributed by atoms with van der Waals surface area (Å²) >= 11 is 0. The van der Waals surface area contributed by atoms with E-state index in [0.29, 0.717) is 0 Å². The average molecular weight is 413 g/mol. The molecule has 32 heavy (non-hydrogen) atoms. The van der Waals surface area contributed by atoms with Gasteiger partial charge in [0.15, 0.2) is 23.0 Å². The molecule has 1 aromatic heterocycles. The molecule has 1 aliphatic rings. The molecule has 0 spiro atoms. The average Bonchev–Trinajstić information content (AvgIpc) is 3.18. The van der Waals surface area contributed by atoms with Crippen molar-refractivity contribution in [1.82, 2.24) is 4.57 Å². The third kappa shape index (κ3) is 2.36. The number of para-hydroxylation sites is 2. The summed E-state index contributed by atoms with van der Waals surface area (Å²) in [7, 11) is 0. The van der Waals surface area contributed by atoms with E-state index in [-0.39, 0.29) is 0 Å². The molecule has 0 atom stereocenters. The van der Waals surface area contributed by atoms with Crippen LogP contribution < -0.4 is 9.47 Å². The van der Waals surface area contributed by atoms with Gasteiger partial charge in [-0.25, -0.2) is 0 Å². The van der Waals surface area contributed by atoms with E-state index in [1.807, 2.05) is 30.3 Å². The molecule has 7 rings (SSSR count). The van der Waals surface area contributed by atoms with E-state index in [9.17, 15) is 0 Å². The van der Waals surface area contributed by atoms with Gasteiger partial charge in [0, 0.05) is 16.5 Å². The van der Waals surface area contributed by atoms with Gasteiger partial charge in [-0.15, -0.1) is 0 Å². The van der Waals surface area contributed by atoms with Gasteiger partial charge in [0.05, 0.1) is 5.52 Å². The second kappa shape index (κ2) is 6.38. The smallest absolute Gasteiger partial charge is 0.194 e. The summed E-state index contributed by atoms with van der Waals surface area (Å²) in [5.74, 6) is 2.96. The predicted octanol–water partition coefficient (Wildman–Crippen LogP) is 8.14. The zero-order valence-corrected chi connectivity index (χ0v) is 17.5. The van der Waals surface area contributed by atoms with E-state index >= 15 is 0 Å². The van der Waals surface area contributed by atoms with Gasteiger partial charge in [-0.1, -0.05) is 54.6 Å². The maximum atomic E-state index is 6.48. The van der Waals surface area contributed by atoms with Gasteiger partial charge < -0.3 is 14.0 Å². The molecule has 0 radical (unpaired) electrons. The molecule has 152 valence electrons. The lowest BCUT2D eigenvalue weighted by molar-refractivity contribution is 0.362. The second-order valence-corrected chi connectivity index (χ2v) is 8.30. The molecule has 3 nitrogen and oxygen atoms in total. The minimum Gasteiger partial charge on any atom is -0.449 e. The Kier molecular flexibility index (Phi) is 3.48. The summed E-state index contributed by atoms with van der Waals surface area (Å²) in [6.07, 6.45) is 0.